The first kappa shape index (κ1) is 20.5. The van der Waals surface area contributed by atoms with Gasteiger partial charge in [-0.25, -0.2) is 4.79 Å². The topological polar surface area (TPSA) is 195 Å². The van der Waals surface area contributed by atoms with E-state index in [9.17, 15) is 18.1 Å². The van der Waals surface area contributed by atoms with Crippen LogP contribution in [-0.2, 0) is 18.1 Å². The fraction of sp³-hybridized carbons (Fsp3) is 0.250. The first-order chi connectivity index (χ1) is 10.5. The van der Waals surface area contributed by atoms with Crippen LogP contribution in [0, 0.1) is 0 Å². The summed E-state index contributed by atoms with van der Waals surface area (Å²) in [6.45, 7) is 0. The summed E-state index contributed by atoms with van der Waals surface area (Å²) >= 11 is -1.03. The molecule has 0 heterocycles. The fourth-order valence-corrected chi connectivity index (χ4v) is 2.00. The second kappa shape index (κ2) is 8.86. The second-order valence-electron chi connectivity index (χ2n) is 4.31. The van der Waals surface area contributed by atoms with Gasteiger partial charge >= 0.3 is 82.2 Å². The smallest absolute Gasteiger partial charge is 0.336 e. The van der Waals surface area contributed by atoms with Crippen molar-refractivity contribution in [3.05, 3.63) is 18.2 Å². The van der Waals surface area contributed by atoms with Gasteiger partial charge in [0.05, 0.1) is 12.8 Å². The number of carboxylic acids is 3. The van der Waals surface area contributed by atoms with E-state index < -0.39 is 52.0 Å². The van der Waals surface area contributed by atoms with Crippen LogP contribution in [0.1, 0.15) is 12.8 Å². The third kappa shape index (κ3) is 7.39. The standard InChI is InChI=1S/C6H6AsNO2.C6H8O7/c8-5-3-4(7-10)1-2-6(5)9;7-3(8)1-6(13,5(11)12)2-4(9)10/h1-3,9H,8H2;13H,1-2H2,(H,7,8)(H,9,10)(H,11,12). The average molecular weight is 391 g/mol. The molecule has 10 nitrogen and oxygen atoms in total. The van der Waals surface area contributed by atoms with E-state index in [0.29, 0.717) is 4.35 Å². The quantitative estimate of drug-likeness (QED) is 0.187. The number of carbonyl (C=O) groups is 3. The van der Waals surface area contributed by atoms with Crippen LogP contribution < -0.4 is 10.1 Å². The molecule has 0 radical (unpaired) electrons. The van der Waals surface area contributed by atoms with Crippen molar-refractivity contribution in [2.75, 3.05) is 5.73 Å². The Morgan fingerprint density at radius 1 is 1.09 bits per heavy atom. The average Bonchev–Trinajstić information content (AvgIpc) is 2.40. The molecule has 0 fully saturated rings. The zero-order valence-electron chi connectivity index (χ0n) is 11.5. The SMILES string of the molecule is Nc1cc([As]=O)ccc1O.O=C(O)CC(O)(CC(=O)O)C(=O)O. The van der Waals surface area contributed by atoms with Crippen molar-refractivity contribution in [3.63, 3.8) is 0 Å². The molecule has 0 aliphatic heterocycles. The summed E-state index contributed by atoms with van der Waals surface area (Å²) in [5.74, 6) is -4.98. The molecule has 0 unspecified atom stereocenters. The molecule has 0 spiro atoms. The minimum atomic E-state index is -2.74. The van der Waals surface area contributed by atoms with Gasteiger partial charge in [0.15, 0.2) is 5.60 Å². The Kier molecular flexibility index (Phi) is 7.92. The van der Waals surface area contributed by atoms with Crippen molar-refractivity contribution in [1.29, 1.82) is 0 Å². The summed E-state index contributed by atoms with van der Waals surface area (Å²) < 4.78 is 11.0. The molecule has 1 rings (SSSR count). The summed E-state index contributed by atoms with van der Waals surface area (Å²) in [4.78, 5) is 30.5. The molecule has 11 heteroatoms. The molecule has 0 aliphatic carbocycles. The number of hydrogen-bond acceptors (Lipinski definition) is 7. The van der Waals surface area contributed by atoms with Gasteiger partial charge in [0.2, 0.25) is 0 Å². The monoisotopic (exact) mass is 391 g/mol. The van der Waals surface area contributed by atoms with E-state index in [0.717, 1.165) is 0 Å². The minimum Gasteiger partial charge on any atom is -0.481 e. The maximum absolute atomic E-state index is 10.4. The largest absolute Gasteiger partial charge is 0.481 e. The number of aliphatic carboxylic acids is 3. The third-order valence-electron chi connectivity index (χ3n) is 2.40. The Bertz CT molecular complexity index is 601. The summed E-state index contributed by atoms with van der Waals surface area (Å²) in [7, 11) is 0. The third-order valence-corrected chi connectivity index (χ3v) is 3.43. The fourth-order valence-electron chi connectivity index (χ4n) is 1.31. The maximum Gasteiger partial charge on any atom is 0.336 e. The zero-order chi connectivity index (χ0) is 18.2. The van der Waals surface area contributed by atoms with E-state index in [-0.39, 0.29) is 11.4 Å². The van der Waals surface area contributed by atoms with Gasteiger partial charge in [-0.1, -0.05) is 0 Å². The van der Waals surface area contributed by atoms with E-state index in [1.165, 1.54) is 12.1 Å². The van der Waals surface area contributed by atoms with Gasteiger partial charge in [0, 0.05) is 0 Å². The second-order valence-corrected chi connectivity index (χ2v) is 5.78. The number of carboxylic acid groups (broad SMARTS) is 3. The summed E-state index contributed by atoms with van der Waals surface area (Å²) in [5.41, 5.74) is 2.87. The van der Waals surface area contributed by atoms with Crippen LogP contribution in [0.3, 0.4) is 0 Å². The molecule has 0 aromatic heterocycles. The molecule has 0 amide bonds. The van der Waals surface area contributed by atoms with Gasteiger partial charge in [0.1, 0.15) is 0 Å². The summed E-state index contributed by atoms with van der Waals surface area (Å²) in [6.07, 6.45) is -2.29. The number of phenolic OH excluding ortho intramolecular Hbond substituents is 1. The van der Waals surface area contributed by atoms with Crippen molar-refractivity contribution in [3.8, 4) is 5.75 Å². The number of nitrogen functional groups attached to an aromatic ring is 1. The number of nitrogens with two attached hydrogens (primary N) is 1. The zero-order valence-corrected chi connectivity index (χ0v) is 13.4. The van der Waals surface area contributed by atoms with Crippen molar-refractivity contribution in [2.45, 2.75) is 18.4 Å². The number of anilines is 1. The first-order valence-electron chi connectivity index (χ1n) is 5.83. The Balaban J connectivity index is 0.000000433. The van der Waals surface area contributed by atoms with Crippen molar-refractivity contribution in [2.24, 2.45) is 0 Å². The van der Waals surface area contributed by atoms with Crippen LogP contribution in [-0.4, -0.2) is 64.7 Å². The molecular weight excluding hydrogens is 377 g/mol. The van der Waals surface area contributed by atoms with E-state index in [1.54, 1.807) is 6.07 Å². The molecule has 23 heavy (non-hydrogen) atoms. The molecule has 0 aliphatic rings. The van der Waals surface area contributed by atoms with Crippen LogP contribution in [0.2, 0.25) is 0 Å². The first-order valence-corrected chi connectivity index (χ1v) is 7.53. The van der Waals surface area contributed by atoms with Crippen LogP contribution in [0.25, 0.3) is 0 Å². The normalized spacial score (nSPS) is 10.5. The van der Waals surface area contributed by atoms with Crippen LogP contribution >= 0.6 is 0 Å². The number of aromatic hydroxyl groups is 1. The number of benzene rings is 1. The van der Waals surface area contributed by atoms with Crippen LogP contribution in [0.5, 0.6) is 5.75 Å². The Morgan fingerprint density at radius 3 is 1.87 bits per heavy atom. The molecule has 0 saturated carbocycles. The minimum absolute atomic E-state index is 0.0402. The number of phenols is 1. The number of rotatable bonds is 6. The molecular formula is C12H14AsNO9. The van der Waals surface area contributed by atoms with Gasteiger partial charge < -0.3 is 20.4 Å². The summed E-state index contributed by atoms with van der Waals surface area (Å²) in [5, 5.41) is 42.7. The van der Waals surface area contributed by atoms with Crippen molar-refractivity contribution >= 4 is 43.6 Å². The molecule has 0 saturated heterocycles. The van der Waals surface area contributed by atoms with Gasteiger partial charge in [-0.15, -0.1) is 0 Å². The molecule has 0 bridgehead atoms. The molecule has 1 aromatic rings. The predicted molar refractivity (Wildman–Crippen MR) is 75.7 cm³/mol. The maximum atomic E-state index is 10.4. The van der Waals surface area contributed by atoms with E-state index >= 15 is 0 Å². The predicted octanol–water partition coefficient (Wildman–Crippen LogP) is -1.60. The van der Waals surface area contributed by atoms with Crippen LogP contribution in [0.4, 0.5) is 5.69 Å². The Morgan fingerprint density at radius 2 is 1.57 bits per heavy atom. The van der Waals surface area contributed by atoms with Gasteiger partial charge in [-0.2, -0.15) is 0 Å². The summed E-state index contributed by atoms with van der Waals surface area (Å²) in [6, 6.07) is 4.55. The van der Waals surface area contributed by atoms with E-state index in [2.05, 4.69) is 0 Å². The van der Waals surface area contributed by atoms with E-state index in [4.69, 9.17) is 31.3 Å². The number of aliphatic hydroxyl groups is 1. The molecule has 126 valence electrons. The van der Waals surface area contributed by atoms with Crippen LogP contribution in [0.15, 0.2) is 18.2 Å². The Hall–Kier alpha value is -2.45. The molecule has 1 aromatic carbocycles. The molecule has 7 N–H and O–H groups in total. The number of hydrogen-bond donors (Lipinski definition) is 6. The van der Waals surface area contributed by atoms with Gasteiger partial charge in [-0.3, -0.25) is 9.59 Å². The van der Waals surface area contributed by atoms with Gasteiger partial charge in [-0.05, 0) is 0 Å². The molecule has 0 atom stereocenters. The van der Waals surface area contributed by atoms with Crippen molar-refractivity contribution in [1.82, 2.24) is 0 Å². The van der Waals surface area contributed by atoms with E-state index in [1.807, 2.05) is 0 Å². The van der Waals surface area contributed by atoms with Crippen molar-refractivity contribution < 1.29 is 43.7 Å². The Labute approximate surface area is 136 Å². The van der Waals surface area contributed by atoms with Gasteiger partial charge in [0.25, 0.3) is 0 Å².